The van der Waals surface area contributed by atoms with Gasteiger partial charge in [0.05, 0.1) is 52.7 Å². The minimum Gasteiger partial charge on any atom is -0.508 e. The van der Waals surface area contributed by atoms with Crippen LogP contribution in [-0.2, 0) is 45.5 Å². The summed E-state index contributed by atoms with van der Waals surface area (Å²) in [6.45, 7) is -0.731. The number of phenols is 1. The van der Waals surface area contributed by atoms with Gasteiger partial charge in [-0.3, -0.25) is 0 Å². The van der Waals surface area contributed by atoms with Crippen LogP contribution in [0.4, 0.5) is 58.6 Å². The van der Waals surface area contributed by atoms with Crippen LogP contribution in [0.5, 0.6) is 40.2 Å². The minimum absolute atomic E-state index is 0.0286. The average molecular weight is 1350 g/mol. The first-order valence-corrected chi connectivity index (χ1v) is 27.8. The van der Waals surface area contributed by atoms with E-state index in [1.54, 1.807) is 24.3 Å². The molecule has 33 heteroatoms. The Morgan fingerprint density at radius 1 is 0.506 bits per heavy atom. The summed E-state index contributed by atoms with van der Waals surface area (Å²) in [6.07, 6.45) is -6.93. The largest absolute Gasteiger partial charge is 0.508 e. The Balaban J connectivity index is 0.000000223. The SMILES string of the molecule is COc1ccc(CN(c2ncns2)S(=O)(=O)c2cc(F)c(F)cc2F)c(OC)c1.COc1ccc(CN(c2ncns2)S(=O)(=O)c2cc(F)c(Oc3cc(Br)cc(C(F)(F)F)c3)cc2F)c(OC)c1.Oc1cc(Br)cc(C(F)(F)F)c1. The van der Waals surface area contributed by atoms with E-state index in [1.807, 2.05) is 0 Å². The summed E-state index contributed by atoms with van der Waals surface area (Å²) in [5.41, 5.74) is -1.22. The van der Waals surface area contributed by atoms with E-state index in [-0.39, 0.29) is 37.6 Å². The molecule has 1 N–H and O–H groups in total. The third kappa shape index (κ3) is 15.7. The molecule has 0 saturated carbocycles. The van der Waals surface area contributed by atoms with Crippen molar-refractivity contribution in [3.8, 4) is 40.2 Å². The normalized spacial score (nSPS) is 11.6. The van der Waals surface area contributed by atoms with Crippen LogP contribution in [0.25, 0.3) is 0 Å². The lowest BCUT2D eigenvalue weighted by molar-refractivity contribution is -0.138. The third-order valence-corrected chi connectivity index (χ3v) is 16.5. The van der Waals surface area contributed by atoms with E-state index in [1.165, 1.54) is 46.6 Å². The van der Waals surface area contributed by atoms with Gasteiger partial charge in [-0.05, 0) is 60.7 Å². The number of anilines is 2. The number of ether oxygens (including phenoxy) is 5. The number of alkyl halides is 6. The maximum atomic E-state index is 15.2. The van der Waals surface area contributed by atoms with Crippen LogP contribution in [-0.4, -0.2) is 69.1 Å². The van der Waals surface area contributed by atoms with Crippen LogP contribution >= 0.6 is 54.9 Å². The summed E-state index contributed by atoms with van der Waals surface area (Å²) in [5, 5.41) is 8.59. The molecule has 0 fully saturated rings. The Morgan fingerprint density at radius 3 is 1.36 bits per heavy atom. The summed E-state index contributed by atoms with van der Waals surface area (Å²) < 4.78 is 236. The average Bonchev–Trinajstić information content (AvgIpc) is 4.36. The molecule has 2 aromatic heterocycles. The highest BCUT2D eigenvalue weighted by molar-refractivity contribution is 9.10. The highest BCUT2D eigenvalue weighted by atomic mass is 79.9. The molecule has 0 aliphatic carbocycles. The molecule has 0 spiro atoms. The first kappa shape index (κ1) is 63.1. The van der Waals surface area contributed by atoms with Crippen molar-refractivity contribution in [2.24, 2.45) is 0 Å². The van der Waals surface area contributed by atoms with Gasteiger partial charge in [-0.25, -0.2) is 57.4 Å². The number of halogens is 13. The summed E-state index contributed by atoms with van der Waals surface area (Å²) >= 11 is 7.19. The number of hydrogen-bond donors (Lipinski definition) is 1. The Bertz CT molecular complexity index is 3720. The van der Waals surface area contributed by atoms with Crippen molar-refractivity contribution >= 4 is 85.2 Å². The molecule has 8 aromatic rings. The maximum Gasteiger partial charge on any atom is 0.416 e. The zero-order valence-corrected chi connectivity index (χ0v) is 47.6. The number of methoxy groups -OCH3 is 4. The molecule has 0 bridgehead atoms. The number of hydrogen-bond acceptors (Lipinski definition) is 16. The fourth-order valence-corrected chi connectivity index (χ4v) is 12.0. The number of phenolic OH excluding ortho intramolecular Hbond substituents is 1. The smallest absolute Gasteiger partial charge is 0.416 e. The lowest BCUT2D eigenvalue weighted by atomic mass is 10.2. The zero-order valence-electron chi connectivity index (χ0n) is 41.2. The molecular weight excluding hydrogens is 1320 g/mol. The number of nitrogens with zero attached hydrogens (tertiary/aromatic N) is 6. The molecule has 2 heterocycles. The van der Waals surface area contributed by atoms with Crippen molar-refractivity contribution in [1.82, 2.24) is 18.7 Å². The number of aromatic nitrogens is 4. The Hall–Kier alpha value is -7.07. The van der Waals surface area contributed by atoms with Crippen LogP contribution in [0, 0.1) is 29.1 Å². The lowest BCUT2D eigenvalue weighted by Gasteiger charge is -2.23. The summed E-state index contributed by atoms with van der Waals surface area (Å²) in [4.78, 5) is 5.68. The highest BCUT2D eigenvalue weighted by Gasteiger charge is 2.36. The molecule has 16 nitrogen and oxygen atoms in total. The van der Waals surface area contributed by atoms with Crippen LogP contribution in [0.2, 0.25) is 0 Å². The molecule has 0 radical (unpaired) electrons. The Labute approximate surface area is 477 Å². The molecule has 0 unspecified atom stereocenters. The molecule has 6 aromatic carbocycles. The first-order chi connectivity index (χ1) is 38.0. The van der Waals surface area contributed by atoms with E-state index in [4.69, 9.17) is 28.8 Å². The van der Waals surface area contributed by atoms with Crippen molar-refractivity contribution < 1.29 is 93.9 Å². The van der Waals surface area contributed by atoms with Gasteiger partial charge in [0, 0.05) is 79.5 Å². The van der Waals surface area contributed by atoms with Gasteiger partial charge in [0.15, 0.2) is 23.2 Å². The van der Waals surface area contributed by atoms with Crippen LogP contribution in [0.1, 0.15) is 22.3 Å². The fourth-order valence-electron chi connectivity index (χ4n) is 6.72. The van der Waals surface area contributed by atoms with Crippen molar-refractivity contribution in [3.63, 3.8) is 0 Å². The van der Waals surface area contributed by atoms with E-state index in [9.17, 15) is 56.3 Å². The summed E-state index contributed by atoms with van der Waals surface area (Å²) in [7, 11) is -3.83. The first-order valence-electron chi connectivity index (χ1n) is 21.8. The number of aromatic hydroxyl groups is 1. The molecule has 0 amide bonds. The predicted octanol–water partition coefficient (Wildman–Crippen LogP) is 13.3. The van der Waals surface area contributed by atoms with Gasteiger partial charge in [-0.1, -0.05) is 31.9 Å². The van der Waals surface area contributed by atoms with E-state index in [2.05, 4.69) is 50.6 Å². The maximum absolute atomic E-state index is 15.2. The van der Waals surface area contributed by atoms with E-state index >= 15 is 8.78 Å². The molecule has 432 valence electrons. The fraction of sp³-hybridized carbons (Fsp3) is 0.167. The van der Waals surface area contributed by atoms with Crippen molar-refractivity contribution in [1.29, 1.82) is 0 Å². The van der Waals surface area contributed by atoms with E-state index in [0.717, 1.165) is 51.0 Å². The van der Waals surface area contributed by atoms with Gasteiger partial charge in [-0.2, -0.15) is 35.1 Å². The minimum atomic E-state index is -4.81. The number of rotatable bonds is 16. The summed E-state index contributed by atoms with van der Waals surface area (Å²) in [5.74, 6) is -7.41. The third-order valence-electron chi connectivity index (χ3n) is 10.5. The van der Waals surface area contributed by atoms with Crippen molar-refractivity contribution in [2.75, 3.05) is 37.0 Å². The van der Waals surface area contributed by atoms with Gasteiger partial charge >= 0.3 is 12.4 Å². The van der Waals surface area contributed by atoms with Gasteiger partial charge in [0.2, 0.25) is 10.3 Å². The molecular formula is C48H35Br2F11N6O10S4. The van der Waals surface area contributed by atoms with E-state index < -0.39 is 106 Å². The topological polar surface area (TPSA) is 193 Å². The van der Waals surface area contributed by atoms with E-state index in [0.29, 0.717) is 70.2 Å². The Kier molecular flexibility index (Phi) is 20.4. The Morgan fingerprint density at radius 2 is 0.938 bits per heavy atom. The van der Waals surface area contributed by atoms with Crippen LogP contribution < -0.4 is 32.3 Å². The molecule has 0 atom stereocenters. The number of benzene rings is 6. The second-order valence-corrected chi connectivity index (χ2v) is 22.7. The van der Waals surface area contributed by atoms with Gasteiger partial charge in [0.1, 0.15) is 68.6 Å². The second kappa shape index (κ2) is 26.2. The zero-order chi connectivity index (χ0) is 59.8. The molecule has 0 aliphatic heterocycles. The molecule has 0 aliphatic rings. The molecule has 0 saturated heterocycles. The predicted molar refractivity (Wildman–Crippen MR) is 278 cm³/mol. The lowest BCUT2D eigenvalue weighted by Crippen LogP contribution is -2.31. The van der Waals surface area contributed by atoms with Gasteiger partial charge in [-0.15, -0.1) is 0 Å². The monoisotopic (exact) mass is 1350 g/mol. The highest BCUT2D eigenvalue weighted by Crippen LogP contribution is 2.40. The number of sulfonamides is 2. The van der Waals surface area contributed by atoms with Gasteiger partial charge in [0.25, 0.3) is 20.0 Å². The van der Waals surface area contributed by atoms with Crippen LogP contribution in [0.15, 0.2) is 128 Å². The van der Waals surface area contributed by atoms with Gasteiger partial charge < -0.3 is 28.8 Å². The standard InChI is InChI=1S/C24H17BrF5N3O5S2.C17H14F3N3O4S2.C7H4BrF3O/c1-36-16-4-3-13(20(8-16)37-2)11-33(23-31-12-32-39-23)40(34,35)22-10-18(26)21(9-19(22)27)38-17-6-14(24(28,29)30)5-15(25)7-17;1-26-11-4-3-10(15(5-11)27-2)8-23(17-21-9-22-28-17)29(24,25)16-7-13(19)12(18)6-14(16)20;8-5-1-4(7(9,10)11)2-6(12)3-5/h3-10,12H,11H2,1-2H3;3-7,9H,8H2,1-2H3;1-3,12H. The molecule has 81 heavy (non-hydrogen) atoms. The summed E-state index contributed by atoms with van der Waals surface area (Å²) in [6, 6.07) is 15.8. The molecule has 8 rings (SSSR count). The van der Waals surface area contributed by atoms with Crippen molar-refractivity contribution in [2.45, 2.75) is 35.2 Å². The second-order valence-electron chi connectivity index (χ2n) is 15.7. The van der Waals surface area contributed by atoms with Crippen molar-refractivity contribution in [3.05, 3.63) is 170 Å². The van der Waals surface area contributed by atoms with Crippen LogP contribution in [0.3, 0.4) is 0 Å². The quantitative estimate of drug-likeness (QED) is 0.0709.